The molecule has 2 aromatic carbocycles. The molecule has 5 nitrogen and oxygen atoms in total. The minimum Gasteiger partial charge on any atom is -0.508 e. The van der Waals surface area contributed by atoms with Gasteiger partial charge in [0.15, 0.2) is 5.69 Å². The van der Waals surface area contributed by atoms with Crippen LogP contribution in [0.4, 0.5) is 8.78 Å². The topological polar surface area (TPSA) is 75.3 Å². The Morgan fingerprint density at radius 2 is 1.88 bits per heavy atom. The monoisotopic (exact) mass is 350 g/mol. The first-order valence-electron chi connectivity index (χ1n) is 6.64. The van der Waals surface area contributed by atoms with E-state index in [9.17, 15) is 18.7 Å². The summed E-state index contributed by atoms with van der Waals surface area (Å²) in [4.78, 5) is 11.2. The first kappa shape index (κ1) is 15.9. The molecule has 0 aliphatic rings. The van der Waals surface area contributed by atoms with Gasteiger partial charge in [-0.2, -0.15) is 5.10 Å². The molecule has 0 radical (unpaired) electrons. The van der Waals surface area contributed by atoms with E-state index in [1.165, 1.54) is 28.9 Å². The molecule has 2 N–H and O–H groups in total. The van der Waals surface area contributed by atoms with Crippen LogP contribution in [0.5, 0.6) is 5.75 Å². The van der Waals surface area contributed by atoms with Gasteiger partial charge in [0.2, 0.25) is 0 Å². The highest BCUT2D eigenvalue weighted by Crippen LogP contribution is 2.29. The predicted molar refractivity (Wildman–Crippen MR) is 82.6 cm³/mol. The van der Waals surface area contributed by atoms with Gasteiger partial charge in [0.1, 0.15) is 17.4 Å². The van der Waals surface area contributed by atoms with Crippen molar-refractivity contribution in [3.63, 3.8) is 0 Å². The minimum absolute atomic E-state index is 0.173. The van der Waals surface area contributed by atoms with Gasteiger partial charge in [-0.25, -0.2) is 18.3 Å². The van der Waals surface area contributed by atoms with E-state index in [0.29, 0.717) is 0 Å². The number of rotatable bonds is 3. The largest absolute Gasteiger partial charge is 0.508 e. The Hall–Kier alpha value is -2.93. The molecule has 0 fully saturated rings. The Labute approximate surface area is 139 Å². The van der Waals surface area contributed by atoms with Gasteiger partial charge in [-0.05, 0) is 36.4 Å². The van der Waals surface area contributed by atoms with Crippen LogP contribution in [0.15, 0.2) is 42.5 Å². The van der Waals surface area contributed by atoms with Crippen LogP contribution >= 0.6 is 11.6 Å². The maximum atomic E-state index is 13.6. The number of carboxylic acid groups (broad SMARTS) is 1. The molecule has 0 saturated carbocycles. The molecule has 8 heteroatoms. The molecule has 0 amide bonds. The van der Waals surface area contributed by atoms with Crippen molar-refractivity contribution < 1.29 is 23.8 Å². The SMILES string of the molecule is O=C(O)c1cc(-c2cc(O)cc(F)c2)n(-c2ccc(F)c(Cl)c2)n1. The summed E-state index contributed by atoms with van der Waals surface area (Å²) in [6.07, 6.45) is 0. The summed E-state index contributed by atoms with van der Waals surface area (Å²) in [6, 6.07) is 8.22. The molecule has 1 heterocycles. The molecule has 24 heavy (non-hydrogen) atoms. The summed E-state index contributed by atoms with van der Waals surface area (Å²) in [5, 5.41) is 22.4. The van der Waals surface area contributed by atoms with Crippen molar-refractivity contribution in [3.8, 4) is 22.7 Å². The summed E-state index contributed by atoms with van der Waals surface area (Å²) >= 11 is 5.75. The second-order valence-corrected chi connectivity index (χ2v) is 5.34. The van der Waals surface area contributed by atoms with Crippen LogP contribution in [0.25, 0.3) is 16.9 Å². The first-order valence-corrected chi connectivity index (χ1v) is 7.01. The van der Waals surface area contributed by atoms with Gasteiger partial charge in [0, 0.05) is 11.6 Å². The standard InChI is InChI=1S/C16H9ClF2N2O3/c17-12-6-10(1-2-13(12)19)21-15(7-14(20-21)16(23)24)8-3-9(18)5-11(22)4-8/h1-7,22H,(H,23,24). The quantitative estimate of drug-likeness (QED) is 0.751. The van der Waals surface area contributed by atoms with E-state index in [4.69, 9.17) is 16.7 Å². The Bertz CT molecular complexity index is 936. The second-order valence-electron chi connectivity index (χ2n) is 4.93. The maximum absolute atomic E-state index is 13.6. The third-order valence-electron chi connectivity index (χ3n) is 3.25. The molecular formula is C16H9ClF2N2O3. The summed E-state index contributed by atoms with van der Waals surface area (Å²) in [5.41, 5.74) is 0.389. The van der Waals surface area contributed by atoms with Gasteiger partial charge in [-0.15, -0.1) is 0 Å². The van der Waals surface area contributed by atoms with Crippen molar-refractivity contribution >= 4 is 17.6 Å². The number of phenols is 1. The Kier molecular flexibility index (Phi) is 3.94. The number of carboxylic acids is 1. The number of phenolic OH excluding ortho intramolecular Hbond substituents is 1. The number of benzene rings is 2. The molecular weight excluding hydrogens is 342 g/mol. The van der Waals surface area contributed by atoms with E-state index in [2.05, 4.69) is 5.10 Å². The highest BCUT2D eigenvalue weighted by molar-refractivity contribution is 6.30. The van der Waals surface area contributed by atoms with E-state index < -0.39 is 17.6 Å². The Morgan fingerprint density at radius 3 is 2.50 bits per heavy atom. The van der Waals surface area contributed by atoms with Gasteiger partial charge >= 0.3 is 5.97 Å². The van der Waals surface area contributed by atoms with Crippen molar-refractivity contribution in [2.75, 3.05) is 0 Å². The van der Waals surface area contributed by atoms with Crippen LogP contribution in [0, 0.1) is 11.6 Å². The number of halogens is 3. The van der Waals surface area contributed by atoms with Crippen molar-refractivity contribution in [2.24, 2.45) is 0 Å². The number of aromatic hydroxyl groups is 1. The molecule has 0 unspecified atom stereocenters. The van der Waals surface area contributed by atoms with Crippen LogP contribution in [-0.4, -0.2) is 26.0 Å². The van der Waals surface area contributed by atoms with Gasteiger partial charge in [-0.3, -0.25) is 0 Å². The fourth-order valence-electron chi connectivity index (χ4n) is 2.23. The highest BCUT2D eigenvalue weighted by Gasteiger charge is 2.17. The van der Waals surface area contributed by atoms with Crippen molar-refractivity contribution in [2.45, 2.75) is 0 Å². The Balaban J connectivity index is 2.24. The normalized spacial score (nSPS) is 10.8. The molecule has 0 saturated heterocycles. The lowest BCUT2D eigenvalue weighted by molar-refractivity contribution is 0.0690. The third-order valence-corrected chi connectivity index (χ3v) is 3.54. The van der Waals surface area contributed by atoms with Crippen molar-refractivity contribution in [3.05, 3.63) is 64.8 Å². The summed E-state index contributed by atoms with van der Waals surface area (Å²) in [6.45, 7) is 0. The lowest BCUT2D eigenvalue weighted by Crippen LogP contribution is -2.02. The average molecular weight is 351 g/mol. The summed E-state index contributed by atoms with van der Waals surface area (Å²) < 4.78 is 28.1. The number of aromatic nitrogens is 2. The number of nitrogens with zero attached hydrogens (tertiary/aromatic N) is 2. The number of carbonyl (C=O) groups is 1. The zero-order valence-corrected chi connectivity index (χ0v) is 12.6. The van der Waals surface area contributed by atoms with E-state index in [0.717, 1.165) is 18.2 Å². The smallest absolute Gasteiger partial charge is 0.356 e. The first-order chi connectivity index (χ1) is 11.3. The zero-order valence-electron chi connectivity index (χ0n) is 11.9. The molecule has 0 bridgehead atoms. The summed E-state index contributed by atoms with van der Waals surface area (Å²) in [5.74, 6) is -2.96. The average Bonchev–Trinajstić information content (AvgIpc) is 2.94. The fraction of sp³-hybridized carbons (Fsp3) is 0. The van der Waals surface area contributed by atoms with E-state index >= 15 is 0 Å². The molecule has 0 spiro atoms. The van der Waals surface area contributed by atoms with Crippen molar-refractivity contribution in [1.82, 2.24) is 9.78 Å². The van der Waals surface area contributed by atoms with Crippen LogP contribution in [0.2, 0.25) is 5.02 Å². The van der Waals surface area contributed by atoms with Gasteiger partial charge in [0.05, 0.1) is 16.4 Å². The third kappa shape index (κ3) is 2.93. The van der Waals surface area contributed by atoms with E-state index in [1.807, 2.05) is 0 Å². The minimum atomic E-state index is -1.29. The van der Waals surface area contributed by atoms with Crippen LogP contribution < -0.4 is 0 Å². The predicted octanol–water partition coefficient (Wildman–Crippen LogP) is 3.87. The van der Waals surface area contributed by atoms with Crippen LogP contribution in [0.1, 0.15) is 10.5 Å². The molecule has 122 valence electrons. The molecule has 0 aliphatic heterocycles. The molecule has 1 aromatic heterocycles. The molecule has 0 aliphatic carbocycles. The lowest BCUT2D eigenvalue weighted by atomic mass is 10.1. The summed E-state index contributed by atoms with van der Waals surface area (Å²) in [7, 11) is 0. The van der Waals surface area contributed by atoms with Gasteiger partial charge in [-0.1, -0.05) is 11.6 Å². The second kappa shape index (κ2) is 5.93. The van der Waals surface area contributed by atoms with Crippen LogP contribution in [-0.2, 0) is 0 Å². The van der Waals surface area contributed by atoms with Gasteiger partial charge in [0.25, 0.3) is 0 Å². The number of hydrogen-bond acceptors (Lipinski definition) is 3. The Morgan fingerprint density at radius 1 is 1.12 bits per heavy atom. The number of hydrogen-bond donors (Lipinski definition) is 2. The van der Waals surface area contributed by atoms with E-state index in [1.54, 1.807) is 0 Å². The zero-order chi connectivity index (χ0) is 17.4. The highest BCUT2D eigenvalue weighted by atomic mass is 35.5. The molecule has 3 rings (SSSR count). The molecule has 3 aromatic rings. The lowest BCUT2D eigenvalue weighted by Gasteiger charge is -2.09. The van der Waals surface area contributed by atoms with E-state index in [-0.39, 0.29) is 33.4 Å². The fourth-order valence-corrected chi connectivity index (χ4v) is 2.40. The van der Waals surface area contributed by atoms with Crippen molar-refractivity contribution in [1.29, 1.82) is 0 Å². The number of aromatic carboxylic acids is 1. The van der Waals surface area contributed by atoms with Gasteiger partial charge < -0.3 is 10.2 Å². The van der Waals surface area contributed by atoms with Crippen LogP contribution in [0.3, 0.4) is 0 Å². The maximum Gasteiger partial charge on any atom is 0.356 e. The molecule has 0 atom stereocenters.